The Bertz CT molecular complexity index is 667. The van der Waals surface area contributed by atoms with E-state index in [9.17, 15) is 13.2 Å². The molecule has 0 radical (unpaired) electrons. The van der Waals surface area contributed by atoms with Crippen LogP contribution in [0.1, 0.15) is 18.9 Å². The molecule has 0 aromatic heterocycles. The van der Waals surface area contributed by atoms with E-state index in [2.05, 4.69) is 10.3 Å². The van der Waals surface area contributed by atoms with E-state index in [-0.39, 0.29) is 6.04 Å². The number of aliphatic imine (C=N–C) groups is 1. The monoisotopic (exact) mass is 402 g/mol. The lowest BCUT2D eigenvalue weighted by molar-refractivity contribution is -0.143. The highest BCUT2D eigenvalue weighted by Crippen LogP contribution is 2.25. The van der Waals surface area contributed by atoms with Crippen molar-refractivity contribution in [1.82, 2.24) is 15.1 Å². The molecule has 1 N–H and O–H groups in total. The summed E-state index contributed by atoms with van der Waals surface area (Å²) in [5, 5.41) is 3.31. The van der Waals surface area contributed by atoms with E-state index in [1.807, 2.05) is 37.1 Å². The van der Waals surface area contributed by atoms with Crippen molar-refractivity contribution in [3.63, 3.8) is 0 Å². The van der Waals surface area contributed by atoms with E-state index in [4.69, 9.17) is 9.47 Å². The molecule has 1 aliphatic heterocycles. The van der Waals surface area contributed by atoms with Crippen molar-refractivity contribution in [3.8, 4) is 11.5 Å². The first kappa shape index (κ1) is 22.1. The smallest absolute Gasteiger partial charge is 0.401 e. The zero-order chi connectivity index (χ0) is 20.7. The first-order chi connectivity index (χ1) is 13.3. The zero-order valence-electron chi connectivity index (χ0n) is 16.8. The molecule has 1 atom stereocenters. The fraction of sp³-hybridized carbons (Fsp3) is 0.632. The Morgan fingerprint density at radius 1 is 1.32 bits per heavy atom. The Labute approximate surface area is 164 Å². The van der Waals surface area contributed by atoms with Crippen LogP contribution in [-0.4, -0.2) is 75.4 Å². The first-order valence-corrected chi connectivity index (χ1v) is 9.27. The molecule has 0 spiro atoms. The Balaban J connectivity index is 2.01. The summed E-state index contributed by atoms with van der Waals surface area (Å²) in [6.45, 7) is 2.94. The number of nitrogens with one attached hydrogen (secondary N) is 1. The van der Waals surface area contributed by atoms with E-state index in [1.165, 1.54) is 4.90 Å². The number of guanidine groups is 1. The molecular weight excluding hydrogens is 373 g/mol. The minimum Gasteiger partial charge on any atom is -0.497 e. The second-order valence-corrected chi connectivity index (χ2v) is 6.81. The predicted octanol–water partition coefficient (Wildman–Crippen LogP) is 2.74. The molecule has 0 saturated carbocycles. The molecule has 0 amide bonds. The predicted molar refractivity (Wildman–Crippen MR) is 103 cm³/mol. The van der Waals surface area contributed by atoms with Crippen LogP contribution < -0.4 is 14.8 Å². The topological polar surface area (TPSA) is 49.3 Å². The van der Waals surface area contributed by atoms with Gasteiger partial charge in [0.1, 0.15) is 11.5 Å². The standard InChI is InChI=1S/C19H29F3N4O2/c1-5-23-18(24-15-8-9-26(12-15)13-19(20,21)22)25(2)11-14-6-7-16(27-3)10-17(14)28-4/h6-7,10,15H,5,8-9,11-13H2,1-4H3,(H,23,24). The molecule has 1 aromatic carbocycles. The number of halogens is 3. The molecule has 1 aliphatic rings. The second kappa shape index (κ2) is 9.86. The maximum atomic E-state index is 12.6. The number of nitrogens with zero attached hydrogens (tertiary/aromatic N) is 3. The molecule has 6 nitrogen and oxygen atoms in total. The summed E-state index contributed by atoms with van der Waals surface area (Å²) in [4.78, 5) is 7.87. The minimum atomic E-state index is -4.17. The van der Waals surface area contributed by atoms with Gasteiger partial charge in [-0.2, -0.15) is 13.2 Å². The normalized spacial score (nSPS) is 18.2. The van der Waals surface area contributed by atoms with E-state index < -0.39 is 12.7 Å². The number of methoxy groups -OCH3 is 2. The van der Waals surface area contributed by atoms with Crippen LogP contribution in [0.5, 0.6) is 11.5 Å². The lowest BCUT2D eigenvalue weighted by Crippen LogP contribution is -2.45. The summed E-state index contributed by atoms with van der Waals surface area (Å²) in [6.07, 6.45) is -3.52. The summed E-state index contributed by atoms with van der Waals surface area (Å²) in [7, 11) is 5.10. The highest BCUT2D eigenvalue weighted by Gasteiger charge is 2.34. The van der Waals surface area contributed by atoms with Gasteiger partial charge < -0.3 is 19.7 Å². The fourth-order valence-corrected chi connectivity index (χ4v) is 3.27. The minimum absolute atomic E-state index is 0.0622. The van der Waals surface area contributed by atoms with Crippen LogP contribution in [0.4, 0.5) is 13.2 Å². The van der Waals surface area contributed by atoms with Crippen LogP contribution in [0.2, 0.25) is 0 Å². The highest BCUT2D eigenvalue weighted by atomic mass is 19.4. The van der Waals surface area contributed by atoms with Gasteiger partial charge in [-0.15, -0.1) is 0 Å². The van der Waals surface area contributed by atoms with Crippen molar-refractivity contribution in [2.75, 3.05) is 47.4 Å². The van der Waals surface area contributed by atoms with Crippen molar-refractivity contribution in [2.45, 2.75) is 32.1 Å². The number of alkyl halides is 3. The third-order valence-corrected chi connectivity index (χ3v) is 4.58. The Kier molecular flexibility index (Phi) is 7.79. The molecule has 1 heterocycles. The van der Waals surface area contributed by atoms with Gasteiger partial charge in [0.15, 0.2) is 5.96 Å². The van der Waals surface area contributed by atoms with Crippen molar-refractivity contribution < 1.29 is 22.6 Å². The maximum Gasteiger partial charge on any atom is 0.401 e. The summed E-state index contributed by atoms with van der Waals surface area (Å²) < 4.78 is 48.5. The van der Waals surface area contributed by atoms with Gasteiger partial charge in [-0.3, -0.25) is 9.89 Å². The molecule has 0 aliphatic carbocycles. The number of hydrogen-bond donors (Lipinski definition) is 1. The number of ether oxygens (including phenoxy) is 2. The van der Waals surface area contributed by atoms with E-state index in [1.54, 1.807) is 14.2 Å². The maximum absolute atomic E-state index is 12.6. The molecule has 1 saturated heterocycles. The van der Waals surface area contributed by atoms with Crippen LogP contribution in [0.25, 0.3) is 0 Å². The quantitative estimate of drug-likeness (QED) is 0.562. The van der Waals surface area contributed by atoms with Gasteiger partial charge in [0, 0.05) is 50.9 Å². The van der Waals surface area contributed by atoms with Crippen molar-refractivity contribution in [2.24, 2.45) is 4.99 Å². The molecule has 28 heavy (non-hydrogen) atoms. The SMILES string of the molecule is CCN=C(NC1CCN(CC(F)(F)F)C1)N(C)Cc1ccc(OC)cc1OC. The number of benzene rings is 1. The third kappa shape index (κ3) is 6.47. The van der Waals surface area contributed by atoms with Crippen molar-refractivity contribution >= 4 is 5.96 Å². The van der Waals surface area contributed by atoms with Crippen LogP contribution in [-0.2, 0) is 6.54 Å². The van der Waals surface area contributed by atoms with Gasteiger partial charge in [0.25, 0.3) is 0 Å². The van der Waals surface area contributed by atoms with Crippen LogP contribution in [0.3, 0.4) is 0 Å². The van der Waals surface area contributed by atoms with Gasteiger partial charge in [-0.1, -0.05) is 0 Å². The third-order valence-electron chi connectivity index (χ3n) is 4.58. The first-order valence-electron chi connectivity index (χ1n) is 9.27. The summed E-state index contributed by atoms with van der Waals surface area (Å²) in [6, 6.07) is 5.55. The van der Waals surface area contributed by atoms with Gasteiger partial charge in [-0.05, 0) is 25.5 Å². The Morgan fingerprint density at radius 2 is 2.07 bits per heavy atom. The van der Waals surface area contributed by atoms with Gasteiger partial charge in [0.2, 0.25) is 0 Å². The molecule has 9 heteroatoms. The average molecular weight is 402 g/mol. The Hall–Kier alpha value is -2.16. The summed E-state index contributed by atoms with van der Waals surface area (Å²) in [5.74, 6) is 2.08. The summed E-state index contributed by atoms with van der Waals surface area (Å²) >= 11 is 0. The van der Waals surface area contributed by atoms with Crippen LogP contribution in [0.15, 0.2) is 23.2 Å². The molecule has 1 aromatic rings. The van der Waals surface area contributed by atoms with E-state index in [0.29, 0.717) is 50.1 Å². The second-order valence-electron chi connectivity index (χ2n) is 6.81. The lowest BCUT2D eigenvalue weighted by atomic mass is 10.2. The lowest BCUT2D eigenvalue weighted by Gasteiger charge is -2.26. The molecular formula is C19H29F3N4O2. The van der Waals surface area contributed by atoms with E-state index >= 15 is 0 Å². The molecule has 0 bridgehead atoms. The van der Waals surface area contributed by atoms with Gasteiger partial charge in [0.05, 0.1) is 20.8 Å². The van der Waals surface area contributed by atoms with Gasteiger partial charge in [-0.25, -0.2) is 0 Å². The zero-order valence-corrected chi connectivity index (χ0v) is 16.8. The largest absolute Gasteiger partial charge is 0.497 e. The molecule has 1 unspecified atom stereocenters. The van der Waals surface area contributed by atoms with Gasteiger partial charge >= 0.3 is 6.18 Å². The molecule has 1 fully saturated rings. The van der Waals surface area contributed by atoms with Crippen LogP contribution >= 0.6 is 0 Å². The van der Waals surface area contributed by atoms with E-state index in [0.717, 1.165) is 5.56 Å². The van der Waals surface area contributed by atoms with Crippen molar-refractivity contribution in [1.29, 1.82) is 0 Å². The van der Waals surface area contributed by atoms with Crippen LogP contribution in [0, 0.1) is 0 Å². The fourth-order valence-electron chi connectivity index (χ4n) is 3.27. The summed E-state index contributed by atoms with van der Waals surface area (Å²) in [5.41, 5.74) is 0.960. The molecule has 158 valence electrons. The molecule has 2 rings (SSSR count). The number of likely N-dealkylation sites (tertiary alicyclic amines) is 1. The number of hydrogen-bond acceptors (Lipinski definition) is 4. The average Bonchev–Trinajstić information content (AvgIpc) is 3.06. The van der Waals surface area contributed by atoms with Crippen molar-refractivity contribution in [3.05, 3.63) is 23.8 Å². The highest BCUT2D eigenvalue weighted by molar-refractivity contribution is 5.80. The Morgan fingerprint density at radius 3 is 2.68 bits per heavy atom. The number of rotatable bonds is 7.